The van der Waals surface area contributed by atoms with Gasteiger partial charge in [0.05, 0.1) is 14.7 Å². The van der Waals surface area contributed by atoms with Crippen LogP contribution in [0.3, 0.4) is 0 Å². The normalized spacial score (nSPS) is 15.3. The molecule has 3 rings (SSSR count). The molecule has 2 aromatic rings. The zero-order valence-corrected chi connectivity index (χ0v) is 14.4. The molecule has 1 unspecified atom stereocenters. The van der Waals surface area contributed by atoms with E-state index in [9.17, 15) is 4.79 Å². The minimum Gasteiger partial charge on any atom is -0.345 e. The minimum atomic E-state index is -0.00378. The van der Waals surface area contributed by atoms with E-state index in [0.717, 1.165) is 8.66 Å². The highest BCUT2D eigenvalue weighted by Gasteiger charge is 2.15. The number of thiophene rings is 1. The number of hydrogen-bond donors (Lipinski definition) is 1. The molecule has 1 aliphatic rings. The number of aryl methyl sites for hydroxylation is 2. The highest BCUT2D eigenvalue weighted by molar-refractivity contribution is 9.11. The zero-order chi connectivity index (χ0) is 14.8. The van der Waals surface area contributed by atoms with Crippen molar-refractivity contribution in [2.24, 2.45) is 0 Å². The lowest BCUT2D eigenvalue weighted by Crippen LogP contribution is -2.26. The number of hydrogen-bond acceptors (Lipinski definition) is 2. The van der Waals surface area contributed by atoms with Crippen LogP contribution in [0, 0.1) is 0 Å². The van der Waals surface area contributed by atoms with Gasteiger partial charge in [-0.1, -0.05) is 18.2 Å². The molecule has 1 heterocycles. The molecule has 0 bridgehead atoms. The van der Waals surface area contributed by atoms with Gasteiger partial charge in [-0.05, 0) is 77.4 Å². The van der Waals surface area contributed by atoms with Crippen LogP contribution in [0.2, 0.25) is 0 Å². The molecule has 1 aliphatic carbocycles. The van der Waals surface area contributed by atoms with Crippen LogP contribution >= 0.6 is 27.3 Å². The van der Waals surface area contributed by atoms with Crippen LogP contribution in [0.25, 0.3) is 0 Å². The maximum absolute atomic E-state index is 12.2. The third-order valence-corrected chi connectivity index (χ3v) is 5.64. The van der Waals surface area contributed by atoms with E-state index >= 15 is 0 Å². The first-order chi connectivity index (χ1) is 10.1. The van der Waals surface area contributed by atoms with E-state index in [1.807, 2.05) is 19.1 Å². The standard InChI is InChI=1S/C17H18BrNOS/c1-11(19-17(20)15-8-9-16(18)21-15)13-7-6-12-4-2-3-5-14(12)10-13/h6-11H,2-5H2,1H3,(H,19,20). The first-order valence-corrected chi connectivity index (χ1v) is 8.92. The maximum atomic E-state index is 12.2. The lowest BCUT2D eigenvalue weighted by molar-refractivity contribution is 0.0944. The number of nitrogens with one attached hydrogen (secondary N) is 1. The Morgan fingerprint density at radius 2 is 1.95 bits per heavy atom. The van der Waals surface area contributed by atoms with Crippen LogP contribution in [0.15, 0.2) is 34.1 Å². The van der Waals surface area contributed by atoms with E-state index < -0.39 is 0 Å². The second kappa shape index (κ2) is 6.32. The lowest BCUT2D eigenvalue weighted by Gasteiger charge is -2.19. The third kappa shape index (κ3) is 3.38. The fourth-order valence-electron chi connectivity index (χ4n) is 2.81. The van der Waals surface area contributed by atoms with Gasteiger partial charge < -0.3 is 5.32 Å². The molecule has 0 saturated carbocycles. The smallest absolute Gasteiger partial charge is 0.261 e. The lowest BCUT2D eigenvalue weighted by atomic mass is 9.89. The van der Waals surface area contributed by atoms with Crippen molar-refractivity contribution >= 4 is 33.2 Å². The van der Waals surface area contributed by atoms with Crippen molar-refractivity contribution < 1.29 is 4.79 Å². The Balaban J connectivity index is 1.73. The van der Waals surface area contributed by atoms with Gasteiger partial charge in [-0.25, -0.2) is 0 Å². The molecular weight excluding hydrogens is 346 g/mol. The van der Waals surface area contributed by atoms with Gasteiger partial charge in [0.1, 0.15) is 0 Å². The summed E-state index contributed by atoms with van der Waals surface area (Å²) >= 11 is 4.85. The van der Waals surface area contributed by atoms with Crippen LogP contribution in [0.1, 0.15) is 52.2 Å². The molecule has 21 heavy (non-hydrogen) atoms. The van der Waals surface area contributed by atoms with Crippen LogP contribution < -0.4 is 5.32 Å². The Hall–Kier alpha value is -1.13. The van der Waals surface area contributed by atoms with Gasteiger partial charge in [-0.15, -0.1) is 11.3 Å². The monoisotopic (exact) mass is 363 g/mol. The number of fused-ring (bicyclic) bond motifs is 1. The molecule has 1 N–H and O–H groups in total. The summed E-state index contributed by atoms with van der Waals surface area (Å²) in [6.45, 7) is 2.05. The first kappa shape index (κ1) is 14.8. The van der Waals surface area contributed by atoms with E-state index in [0.29, 0.717) is 0 Å². The molecule has 0 spiro atoms. The predicted molar refractivity (Wildman–Crippen MR) is 91.0 cm³/mol. The summed E-state index contributed by atoms with van der Waals surface area (Å²) in [5, 5.41) is 3.08. The molecule has 4 heteroatoms. The first-order valence-electron chi connectivity index (χ1n) is 7.31. The Morgan fingerprint density at radius 3 is 2.67 bits per heavy atom. The van der Waals surface area contributed by atoms with Crippen LogP contribution in [-0.4, -0.2) is 5.91 Å². The van der Waals surface area contributed by atoms with Crippen molar-refractivity contribution in [1.29, 1.82) is 0 Å². The molecule has 110 valence electrons. The number of rotatable bonds is 3. The molecule has 0 radical (unpaired) electrons. The molecule has 0 saturated heterocycles. The van der Waals surface area contributed by atoms with Gasteiger partial charge >= 0.3 is 0 Å². The van der Waals surface area contributed by atoms with Crippen LogP contribution in [-0.2, 0) is 12.8 Å². The van der Waals surface area contributed by atoms with Crippen molar-refractivity contribution in [2.45, 2.75) is 38.6 Å². The van der Waals surface area contributed by atoms with Crippen LogP contribution in [0.5, 0.6) is 0 Å². The summed E-state index contributed by atoms with van der Waals surface area (Å²) in [6.07, 6.45) is 4.94. The van der Waals surface area contributed by atoms with Gasteiger partial charge in [0.15, 0.2) is 0 Å². The largest absolute Gasteiger partial charge is 0.345 e. The molecule has 0 aliphatic heterocycles. The van der Waals surface area contributed by atoms with Crippen molar-refractivity contribution in [2.75, 3.05) is 0 Å². The molecule has 1 atom stereocenters. The third-order valence-electron chi connectivity index (χ3n) is 4.02. The summed E-state index contributed by atoms with van der Waals surface area (Å²) in [5.74, 6) is -0.00378. The van der Waals surface area contributed by atoms with Gasteiger partial charge in [0.2, 0.25) is 0 Å². The van der Waals surface area contributed by atoms with Crippen LogP contribution in [0.4, 0.5) is 0 Å². The van der Waals surface area contributed by atoms with Crippen molar-refractivity contribution in [3.05, 3.63) is 55.7 Å². The quantitative estimate of drug-likeness (QED) is 0.826. The molecule has 1 aromatic carbocycles. The highest BCUT2D eigenvalue weighted by atomic mass is 79.9. The van der Waals surface area contributed by atoms with E-state index in [4.69, 9.17) is 0 Å². The second-order valence-corrected chi connectivity index (χ2v) is 8.00. The molecule has 1 amide bonds. The fourth-order valence-corrected chi connectivity index (χ4v) is 4.10. The summed E-state index contributed by atoms with van der Waals surface area (Å²) in [7, 11) is 0. The average molecular weight is 364 g/mol. The second-order valence-electron chi connectivity index (χ2n) is 5.53. The van der Waals surface area contributed by atoms with Gasteiger partial charge in [0, 0.05) is 0 Å². The van der Waals surface area contributed by atoms with Crippen molar-refractivity contribution in [3.63, 3.8) is 0 Å². The maximum Gasteiger partial charge on any atom is 0.261 e. The summed E-state index contributed by atoms with van der Waals surface area (Å²) in [5.41, 5.74) is 4.13. The molecule has 1 aromatic heterocycles. The number of halogens is 1. The van der Waals surface area contributed by atoms with Crippen molar-refractivity contribution in [3.8, 4) is 0 Å². The van der Waals surface area contributed by atoms with E-state index in [2.05, 4.69) is 39.4 Å². The average Bonchev–Trinajstić information content (AvgIpc) is 2.93. The molecular formula is C17H18BrNOS. The highest BCUT2D eigenvalue weighted by Crippen LogP contribution is 2.26. The Bertz CT molecular complexity index is 665. The Kier molecular flexibility index (Phi) is 4.45. The number of benzene rings is 1. The summed E-state index contributed by atoms with van der Waals surface area (Å²) < 4.78 is 0.981. The van der Waals surface area contributed by atoms with Crippen molar-refractivity contribution in [1.82, 2.24) is 5.32 Å². The molecule has 0 fully saturated rings. The number of carbonyl (C=O) groups is 1. The topological polar surface area (TPSA) is 29.1 Å². The van der Waals surface area contributed by atoms with Gasteiger partial charge in [-0.2, -0.15) is 0 Å². The van der Waals surface area contributed by atoms with E-state index in [1.54, 1.807) is 0 Å². The summed E-state index contributed by atoms with van der Waals surface area (Å²) in [6, 6.07) is 10.4. The van der Waals surface area contributed by atoms with E-state index in [1.165, 1.54) is 53.7 Å². The zero-order valence-electron chi connectivity index (χ0n) is 12.0. The SMILES string of the molecule is CC(NC(=O)c1ccc(Br)s1)c1ccc2c(c1)CCCC2. The Labute approximate surface area is 137 Å². The number of amides is 1. The minimum absolute atomic E-state index is 0.00378. The van der Waals surface area contributed by atoms with E-state index in [-0.39, 0.29) is 11.9 Å². The fraction of sp³-hybridized carbons (Fsp3) is 0.353. The van der Waals surface area contributed by atoms with Gasteiger partial charge in [0.25, 0.3) is 5.91 Å². The Morgan fingerprint density at radius 1 is 1.19 bits per heavy atom. The predicted octanol–water partition coefficient (Wildman–Crippen LogP) is 4.88. The summed E-state index contributed by atoms with van der Waals surface area (Å²) in [4.78, 5) is 13.0. The number of carbonyl (C=O) groups excluding carboxylic acids is 1. The molecule has 2 nitrogen and oxygen atoms in total. The van der Waals surface area contributed by atoms with Gasteiger partial charge in [-0.3, -0.25) is 4.79 Å².